The molecule has 6 heteroatoms. The van der Waals surface area contributed by atoms with Gasteiger partial charge in [0.25, 0.3) is 0 Å². The van der Waals surface area contributed by atoms with Crippen LogP contribution in [0.1, 0.15) is 33.1 Å². The van der Waals surface area contributed by atoms with E-state index < -0.39 is 9.84 Å². The number of hydrogen-bond acceptors (Lipinski definition) is 5. The van der Waals surface area contributed by atoms with Gasteiger partial charge in [-0.3, -0.25) is 4.90 Å². The minimum atomic E-state index is -3.05. The molecule has 3 atom stereocenters. The zero-order valence-corrected chi connectivity index (χ0v) is 14.3. The van der Waals surface area contributed by atoms with Crippen molar-refractivity contribution >= 4 is 21.6 Å². The van der Waals surface area contributed by atoms with Gasteiger partial charge < -0.3 is 5.11 Å². The quantitative estimate of drug-likeness (QED) is 0.855. The van der Waals surface area contributed by atoms with Crippen molar-refractivity contribution < 1.29 is 13.5 Å². The predicted octanol–water partition coefficient (Wildman–Crippen LogP) is 1.59. The van der Waals surface area contributed by atoms with Gasteiger partial charge in [-0.1, -0.05) is 20.3 Å². The van der Waals surface area contributed by atoms with E-state index in [9.17, 15) is 13.5 Å². The Morgan fingerprint density at radius 1 is 1.40 bits per heavy atom. The lowest BCUT2D eigenvalue weighted by Gasteiger charge is -2.44. The molecule has 2 rings (SSSR count). The number of aliphatic hydroxyl groups excluding tert-OH is 1. The summed E-state index contributed by atoms with van der Waals surface area (Å²) in [5.41, 5.74) is -0.0476. The van der Waals surface area contributed by atoms with Crippen molar-refractivity contribution in [2.24, 2.45) is 11.3 Å². The maximum atomic E-state index is 11.9. The molecular weight excluding hydrogens is 294 g/mol. The summed E-state index contributed by atoms with van der Waals surface area (Å²) in [6.07, 6.45) is 4.19. The second kappa shape index (κ2) is 6.15. The Kier molecular flexibility index (Phi) is 5.10. The van der Waals surface area contributed by atoms with Crippen LogP contribution in [-0.2, 0) is 9.84 Å². The number of nitrogens with zero attached hydrogens (tertiary/aromatic N) is 1. The number of aliphatic hydroxyl groups is 1. The molecule has 4 nitrogen and oxygen atoms in total. The summed E-state index contributed by atoms with van der Waals surface area (Å²) < 4.78 is 23.9. The lowest BCUT2D eigenvalue weighted by molar-refractivity contribution is -0.0433. The molecular formula is C14H27NO3S2. The summed E-state index contributed by atoms with van der Waals surface area (Å²) in [4.78, 5) is 2.08. The zero-order chi connectivity index (χ0) is 15.0. The highest BCUT2D eigenvalue weighted by molar-refractivity contribution is 8.00. The summed E-state index contributed by atoms with van der Waals surface area (Å²) in [6, 6.07) is 0. The average Bonchev–Trinajstić information content (AvgIpc) is 2.34. The monoisotopic (exact) mass is 321 g/mol. The number of sulfone groups is 1. The molecule has 3 unspecified atom stereocenters. The molecule has 0 aromatic carbocycles. The van der Waals surface area contributed by atoms with E-state index in [1.165, 1.54) is 6.26 Å². The smallest absolute Gasteiger partial charge is 0.164 e. The van der Waals surface area contributed by atoms with Crippen LogP contribution in [0.2, 0.25) is 0 Å². The topological polar surface area (TPSA) is 57.6 Å². The van der Waals surface area contributed by atoms with Gasteiger partial charge in [0, 0.05) is 30.9 Å². The fourth-order valence-electron chi connectivity index (χ4n) is 3.47. The summed E-state index contributed by atoms with van der Waals surface area (Å²) in [7, 11) is -3.05. The number of thioether (sulfide) groups is 1. The maximum Gasteiger partial charge on any atom is 0.164 e. The molecule has 1 heterocycles. The Morgan fingerprint density at radius 3 is 2.75 bits per heavy atom. The lowest BCUT2D eigenvalue weighted by Crippen LogP contribution is -2.52. The largest absolute Gasteiger partial charge is 0.392 e. The van der Waals surface area contributed by atoms with Crippen LogP contribution in [0.5, 0.6) is 0 Å². The molecule has 0 bridgehead atoms. The molecule has 1 saturated carbocycles. The van der Waals surface area contributed by atoms with Crippen LogP contribution in [0.4, 0.5) is 0 Å². The van der Waals surface area contributed by atoms with Gasteiger partial charge in [-0.25, -0.2) is 8.42 Å². The van der Waals surface area contributed by atoms with E-state index >= 15 is 0 Å². The Balaban J connectivity index is 2.07. The standard InChI is InChI=1S/C14H27NO3S2/c1-14(2)6-4-5-11(13(14)16)9-15-7-8-19-10-12(15)20(3,17)18/h11-13,16H,4-10H2,1-3H3. The highest BCUT2D eigenvalue weighted by Crippen LogP contribution is 2.39. The minimum Gasteiger partial charge on any atom is -0.392 e. The predicted molar refractivity (Wildman–Crippen MR) is 84.7 cm³/mol. The van der Waals surface area contributed by atoms with Gasteiger partial charge in [-0.15, -0.1) is 0 Å². The van der Waals surface area contributed by atoms with E-state index in [-0.39, 0.29) is 22.8 Å². The first-order chi connectivity index (χ1) is 9.22. The van der Waals surface area contributed by atoms with Gasteiger partial charge in [0.2, 0.25) is 0 Å². The third-order valence-electron chi connectivity index (χ3n) is 4.80. The van der Waals surface area contributed by atoms with Gasteiger partial charge >= 0.3 is 0 Å². The Bertz CT molecular complexity index is 436. The third-order valence-corrected chi connectivity index (χ3v) is 7.48. The average molecular weight is 322 g/mol. The third kappa shape index (κ3) is 3.70. The first kappa shape index (κ1) is 16.6. The molecule has 1 aliphatic heterocycles. The van der Waals surface area contributed by atoms with Crippen LogP contribution >= 0.6 is 11.8 Å². The molecule has 20 heavy (non-hydrogen) atoms. The van der Waals surface area contributed by atoms with E-state index in [0.29, 0.717) is 12.3 Å². The van der Waals surface area contributed by atoms with Crippen LogP contribution in [-0.4, -0.2) is 60.8 Å². The fourth-order valence-corrected chi connectivity index (χ4v) is 6.43. The van der Waals surface area contributed by atoms with Crippen molar-refractivity contribution in [3.05, 3.63) is 0 Å². The molecule has 1 N–H and O–H groups in total. The van der Waals surface area contributed by atoms with Crippen molar-refractivity contribution in [3.8, 4) is 0 Å². The van der Waals surface area contributed by atoms with Gasteiger partial charge in [-0.05, 0) is 24.2 Å². The summed E-state index contributed by atoms with van der Waals surface area (Å²) >= 11 is 1.71. The molecule has 0 amide bonds. The van der Waals surface area contributed by atoms with Crippen LogP contribution in [0.3, 0.4) is 0 Å². The van der Waals surface area contributed by atoms with Crippen molar-refractivity contribution in [1.82, 2.24) is 4.90 Å². The fraction of sp³-hybridized carbons (Fsp3) is 1.00. The summed E-state index contributed by atoms with van der Waals surface area (Å²) in [6.45, 7) is 5.75. The van der Waals surface area contributed by atoms with Crippen LogP contribution in [0.15, 0.2) is 0 Å². The summed E-state index contributed by atoms with van der Waals surface area (Å²) in [5.74, 6) is 1.84. The Hall–Kier alpha value is 0.220. The van der Waals surface area contributed by atoms with E-state index in [1.54, 1.807) is 11.8 Å². The number of rotatable bonds is 3. The molecule has 0 aromatic heterocycles. The van der Waals surface area contributed by atoms with E-state index in [1.807, 2.05) is 0 Å². The van der Waals surface area contributed by atoms with E-state index in [0.717, 1.165) is 31.6 Å². The lowest BCUT2D eigenvalue weighted by atomic mass is 9.69. The summed E-state index contributed by atoms with van der Waals surface area (Å²) in [5, 5.41) is 10.2. The van der Waals surface area contributed by atoms with Crippen LogP contribution in [0.25, 0.3) is 0 Å². The van der Waals surface area contributed by atoms with Gasteiger partial charge in [0.05, 0.1) is 6.10 Å². The highest BCUT2D eigenvalue weighted by atomic mass is 32.2. The number of hydrogen-bond donors (Lipinski definition) is 1. The van der Waals surface area contributed by atoms with Crippen molar-refractivity contribution in [3.63, 3.8) is 0 Å². The van der Waals surface area contributed by atoms with Crippen LogP contribution < -0.4 is 0 Å². The molecule has 1 aliphatic carbocycles. The minimum absolute atomic E-state index is 0.0476. The Labute approximate surface area is 127 Å². The molecule has 0 spiro atoms. The molecule has 2 fully saturated rings. The van der Waals surface area contributed by atoms with Crippen molar-refractivity contribution in [2.75, 3.05) is 30.9 Å². The second-order valence-corrected chi connectivity index (χ2v) is 10.3. The van der Waals surface area contributed by atoms with Gasteiger partial charge in [-0.2, -0.15) is 11.8 Å². The SMILES string of the molecule is CC1(C)CCCC(CN2CCSCC2S(C)(=O)=O)C1O. The molecule has 118 valence electrons. The molecule has 0 radical (unpaired) electrons. The zero-order valence-electron chi connectivity index (χ0n) is 12.7. The first-order valence-electron chi connectivity index (χ1n) is 7.40. The molecule has 1 saturated heterocycles. The van der Waals surface area contributed by atoms with Crippen molar-refractivity contribution in [1.29, 1.82) is 0 Å². The van der Waals surface area contributed by atoms with Crippen molar-refractivity contribution in [2.45, 2.75) is 44.6 Å². The first-order valence-corrected chi connectivity index (χ1v) is 10.5. The molecule has 2 aliphatic rings. The maximum absolute atomic E-state index is 11.9. The van der Waals surface area contributed by atoms with E-state index in [2.05, 4.69) is 18.7 Å². The second-order valence-electron chi connectivity index (χ2n) is 6.94. The van der Waals surface area contributed by atoms with Gasteiger partial charge in [0.15, 0.2) is 9.84 Å². The normalized spacial score (nSPS) is 35.9. The molecule has 0 aromatic rings. The van der Waals surface area contributed by atoms with Crippen LogP contribution in [0, 0.1) is 11.3 Å². The van der Waals surface area contributed by atoms with Gasteiger partial charge in [0.1, 0.15) is 5.37 Å². The Morgan fingerprint density at radius 2 is 2.10 bits per heavy atom. The van der Waals surface area contributed by atoms with E-state index in [4.69, 9.17) is 0 Å². The highest BCUT2D eigenvalue weighted by Gasteiger charge is 2.40.